The highest BCUT2D eigenvalue weighted by molar-refractivity contribution is 5.16. The van der Waals surface area contributed by atoms with E-state index >= 15 is 0 Å². The second kappa shape index (κ2) is 4.63. The summed E-state index contributed by atoms with van der Waals surface area (Å²) in [6, 6.07) is 8.85. The van der Waals surface area contributed by atoms with Gasteiger partial charge in [-0.1, -0.05) is 30.3 Å². The van der Waals surface area contributed by atoms with Crippen molar-refractivity contribution in [3.05, 3.63) is 48.2 Å². The molecule has 1 atom stereocenters. The average molecular weight is 260 g/mol. The molecular weight excluding hydrogens is 248 g/mol. The van der Waals surface area contributed by atoms with E-state index in [1.807, 2.05) is 0 Å². The van der Waals surface area contributed by atoms with Gasteiger partial charge in [0.15, 0.2) is 6.10 Å². The van der Waals surface area contributed by atoms with E-state index in [1.54, 1.807) is 30.3 Å². The van der Waals surface area contributed by atoms with Crippen molar-refractivity contribution in [1.82, 2.24) is 0 Å². The SMILES string of the molecule is FC1(F)C=COC(CCc2ccccc2)C1(F)F. The fourth-order valence-electron chi connectivity index (χ4n) is 1.82. The Morgan fingerprint density at radius 1 is 1.06 bits per heavy atom. The number of alkyl halides is 4. The number of ether oxygens (including phenoxy) is 1. The predicted molar refractivity (Wildman–Crippen MR) is 58.7 cm³/mol. The Morgan fingerprint density at radius 2 is 1.72 bits per heavy atom. The minimum Gasteiger partial charge on any atom is -0.492 e. The molecular formula is C13H12F4O. The molecule has 18 heavy (non-hydrogen) atoms. The van der Waals surface area contributed by atoms with Gasteiger partial charge in [0.2, 0.25) is 0 Å². The topological polar surface area (TPSA) is 9.23 Å². The molecule has 1 aliphatic heterocycles. The number of hydrogen-bond acceptors (Lipinski definition) is 1. The molecule has 0 N–H and O–H groups in total. The first-order chi connectivity index (χ1) is 8.43. The lowest BCUT2D eigenvalue weighted by atomic mass is 9.97. The van der Waals surface area contributed by atoms with Crippen LogP contribution >= 0.6 is 0 Å². The van der Waals surface area contributed by atoms with Crippen molar-refractivity contribution >= 4 is 0 Å². The zero-order valence-corrected chi connectivity index (χ0v) is 9.45. The highest BCUT2D eigenvalue weighted by atomic mass is 19.3. The summed E-state index contributed by atoms with van der Waals surface area (Å²) in [4.78, 5) is 0. The highest BCUT2D eigenvalue weighted by Crippen LogP contribution is 2.43. The van der Waals surface area contributed by atoms with Crippen molar-refractivity contribution < 1.29 is 22.3 Å². The molecule has 1 aromatic carbocycles. The zero-order chi connectivity index (χ0) is 13.2. The molecule has 1 unspecified atom stereocenters. The van der Waals surface area contributed by atoms with Gasteiger partial charge in [-0.2, -0.15) is 17.6 Å². The summed E-state index contributed by atoms with van der Waals surface area (Å²) in [6.45, 7) is 0. The fourth-order valence-corrected chi connectivity index (χ4v) is 1.82. The number of rotatable bonds is 3. The quantitative estimate of drug-likeness (QED) is 0.751. The van der Waals surface area contributed by atoms with Gasteiger partial charge in [0.1, 0.15) is 0 Å². The van der Waals surface area contributed by atoms with Crippen LogP contribution in [0.2, 0.25) is 0 Å². The molecule has 0 saturated heterocycles. The highest BCUT2D eigenvalue weighted by Gasteiger charge is 2.62. The summed E-state index contributed by atoms with van der Waals surface area (Å²) < 4.78 is 57.6. The first-order valence-corrected chi connectivity index (χ1v) is 5.56. The molecule has 0 radical (unpaired) electrons. The molecule has 0 saturated carbocycles. The molecule has 1 heterocycles. The van der Waals surface area contributed by atoms with Crippen LogP contribution in [0.4, 0.5) is 17.6 Å². The summed E-state index contributed by atoms with van der Waals surface area (Å²) >= 11 is 0. The second-order valence-electron chi connectivity index (χ2n) is 4.20. The smallest absolute Gasteiger partial charge is 0.349 e. The monoisotopic (exact) mass is 260 g/mol. The molecule has 2 rings (SSSR count). The Balaban J connectivity index is 2.04. The van der Waals surface area contributed by atoms with Crippen molar-refractivity contribution in [3.8, 4) is 0 Å². The minimum atomic E-state index is -4.17. The minimum absolute atomic E-state index is 0.103. The average Bonchev–Trinajstić information content (AvgIpc) is 2.32. The summed E-state index contributed by atoms with van der Waals surface area (Å²) in [5, 5.41) is 0. The summed E-state index contributed by atoms with van der Waals surface area (Å²) in [5.41, 5.74) is 0.815. The van der Waals surface area contributed by atoms with Crippen LogP contribution in [0.25, 0.3) is 0 Å². The maximum absolute atomic E-state index is 13.4. The van der Waals surface area contributed by atoms with Crippen LogP contribution in [0.3, 0.4) is 0 Å². The number of benzene rings is 1. The van der Waals surface area contributed by atoms with Gasteiger partial charge in [-0.05, 0) is 18.4 Å². The van der Waals surface area contributed by atoms with Crippen LogP contribution in [0.1, 0.15) is 12.0 Å². The third-order valence-corrected chi connectivity index (χ3v) is 2.91. The van der Waals surface area contributed by atoms with E-state index in [2.05, 4.69) is 4.74 Å². The third-order valence-electron chi connectivity index (χ3n) is 2.91. The molecule has 0 fully saturated rings. The standard InChI is InChI=1S/C13H12F4O/c14-12(15)8-9-18-11(13(12,16)17)7-6-10-4-2-1-3-5-10/h1-5,8-9,11H,6-7H2. The molecule has 1 aliphatic rings. The zero-order valence-electron chi connectivity index (χ0n) is 9.45. The van der Waals surface area contributed by atoms with E-state index in [0.717, 1.165) is 5.56 Å². The van der Waals surface area contributed by atoms with Crippen LogP contribution in [0.5, 0.6) is 0 Å². The molecule has 1 nitrogen and oxygen atoms in total. The van der Waals surface area contributed by atoms with Crippen molar-refractivity contribution in [1.29, 1.82) is 0 Å². The van der Waals surface area contributed by atoms with Crippen LogP contribution in [0.15, 0.2) is 42.7 Å². The maximum Gasteiger partial charge on any atom is 0.349 e. The van der Waals surface area contributed by atoms with Gasteiger partial charge in [0.25, 0.3) is 0 Å². The lowest BCUT2D eigenvalue weighted by molar-refractivity contribution is -0.244. The number of halogens is 4. The molecule has 0 amide bonds. The largest absolute Gasteiger partial charge is 0.492 e. The van der Waals surface area contributed by atoms with Crippen molar-refractivity contribution in [2.75, 3.05) is 0 Å². The van der Waals surface area contributed by atoms with Crippen LogP contribution in [-0.4, -0.2) is 17.9 Å². The normalized spacial score (nSPS) is 24.6. The first kappa shape index (κ1) is 12.9. The summed E-state index contributed by atoms with van der Waals surface area (Å²) in [6.07, 6.45) is -0.918. The Kier molecular flexibility index (Phi) is 3.32. The number of allylic oxidation sites excluding steroid dienone is 1. The van der Waals surface area contributed by atoms with Gasteiger partial charge in [0.05, 0.1) is 6.26 Å². The van der Waals surface area contributed by atoms with Crippen LogP contribution < -0.4 is 0 Å². The Hall–Kier alpha value is -1.52. The lowest BCUT2D eigenvalue weighted by Crippen LogP contribution is -2.51. The Morgan fingerprint density at radius 3 is 2.39 bits per heavy atom. The van der Waals surface area contributed by atoms with E-state index < -0.39 is 17.9 Å². The number of hydrogen-bond donors (Lipinski definition) is 0. The number of aryl methyl sites for hydroxylation is 1. The van der Waals surface area contributed by atoms with Crippen molar-refractivity contribution in [2.24, 2.45) is 0 Å². The molecule has 98 valence electrons. The van der Waals surface area contributed by atoms with Gasteiger partial charge in [-0.15, -0.1) is 0 Å². The fraction of sp³-hybridized carbons (Fsp3) is 0.385. The first-order valence-electron chi connectivity index (χ1n) is 5.56. The molecule has 0 aromatic heterocycles. The third kappa shape index (κ3) is 2.35. The van der Waals surface area contributed by atoms with Crippen molar-refractivity contribution in [3.63, 3.8) is 0 Å². The molecule has 0 aliphatic carbocycles. The molecule has 5 heteroatoms. The van der Waals surface area contributed by atoms with Crippen LogP contribution in [0, 0.1) is 0 Å². The van der Waals surface area contributed by atoms with Gasteiger partial charge in [-0.3, -0.25) is 0 Å². The van der Waals surface area contributed by atoms with E-state index in [1.165, 1.54) is 0 Å². The Labute approximate surface area is 102 Å². The van der Waals surface area contributed by atoms with E-state index in [4.69, 9.17) is 0 Å². The predicted octanol–water partition coefficient (Wildman–Crippen LogP) is 3.80. The van der Waals surface area contributed by atoms with Gasteiger partial charge < -0.3 is 4.74 Å². The van der Waals surface area contributed by atoms with Crippen LogP contribution in [-0.2, 0) is 11.2 Å². The molecule has 1 aromatic rings. The Bertz CT molecular complexity index is 428. The van der Waals surface area contributed by atoms with E-state index in [0.29, 0.717) is 6.26 Å². The lowest BCUT2D eigenvalue weighted by Gasteiger charge is -2.34. The van der Waals surface area contributed by atoms with Crippen molar-refractivity contribution in [2.45, 2.75) is 30.8 Å². The van der Waals surface area contributed by atoms with Gasteiger partial charge >= 0.3 is 11.8 Å². The maximum atomic E-state index is 13.4. The summed E-state index contributed by atoms with van der Waals surface area (Å²) in [5.74, 6) is -8.32. The van der Waals surface area contributed by atoms with Gasteiger partial charge in [-0.25, -0.2) is 0 Å². The second-order valence-corrected chi connectivity index (χ2v) is 4.20. The van der Waals surface area contributed by atoms with Gasteiger partial charge in [0, 0.05) is 6.08 Å². The van der Waals surface area contributed by atoms with E-state index in [-0.39, 0.29) is 18.9 Å². The van der Waals surface area contributed by atoms with E-state index in [9.17, 15) is 17.6 Å². The molecule has 0 spiro atoms. The summed E-state index contributed by atoms with van der Waals surface area (Å²) in [7, 11) is 0. The molecule has 0 bridgehead atoms.